The van der Waals surface area contributed by atoms with Gasteiger partial charge in [-0.3, -0.25) is 0 Å². The van der Waals surface area contributed by atoms with E-state index < -0.39 is 8.80 Å². The maximum absolute atomic E-state index is 5.41. The van der Waals surface area contributed by atoms with Gasteiger partial charge in [0.25, 0.3) is 0 Å². The van der Waals surface area contributed by atoms with E-state index in [4.69, 9.17) is 13.3 Å². The normalized spacial score (nSPS) is 12.0. The van der Waals surface area contributed by atoms with Crippen LogP contribution in [-0.4, -0.2) is 35.4 Å². The highest BCUT2D eigenvalue weighted by molar-refractivity contribution is 7.80. The molecule has 0 aromatic heterocycles. The van der Waals surface area contributed by atoms with E-state index in [-0.39, 0.29) is 0 Å². The molecule has 0 heterocycles. The first kappa shape index (κ1) is 11.4. The van der Waals surface area contributed by atoms with Crippen LogP contribution in [-0.2, 0) is 13.3 Å². The first-order valence-electron chi connectivity index (χ1n) is 3.53. The van der Waals surface area contributed by atoms with E-state index >= 15 is 0 Å². The number of hydrogen-bond acceptors (Lipinski definition) is 4. The van der Waals surface area contributed by atoms with Gasteiger partial charge in [0, 0.05) is 27.4 Å². The van der Waals surface area contributed by atoms with Crippen LogP contribution in [0.15, 0.2) is 0 Å². The Morgan fingerprint density at radius 2 is 1.82 bits per heavy atom. The average Bonchev–Trinajstić information content (AvgIpc) is 2.05. The van der Waals surface area contributed by atoms with Gasteiger partial charge in [0.1, 0.15) is 0 Å². The SMILES string of the molecule is CO[Si](C)(OC)OCCCS. The van der Waals surface area contributed by atoms with E-state index in [2.05, 4.69) is 12.6 Å². The summed E-state index contributed by atoms with van der Waals surface area (Å²) in [5, 5.41) is 0. The summed E-state index contributed by atoms with van der Waals surface area (Å²) in [4.78, 5) is 0. The molecule has 0 unspecified atom stereocenters. The van der Waals surface area contributed by atoms with Gasteiger partial charge < -0.3 is 13.3 Å². The molecule has 0 spiro atoms. The van der Waals surface area contributed by atoms with Crippen molar-refractivity contribution in [2.75, 3.05) is 26.6 Å². The van der Waals surface area contributed by atoms with Crippen molar-refractivity contribution >= 4 is 21.4 Å². The summed E-state index contributed by atoms with van der Waals surface area (Å²) in [6.45, 7) is 2.53. The van der Waals surface area contributed by atoms with Crippen LogP contribution in [0, 0.1) is 0 Å². The Bertz CT molecular complexity index is 97.8. The molecule has 0 radical (unpaired) electrons. The molecule has 0 saturated carbocycles. The average molecular weight is 196 g/mol. The molecule has 5 heteroatoms. The number of rotatable bonds is 6. The molecular formula is C6H16O3SSi. The summed E-state index contributed by atoms with van der Waals surface area (Å²) in [5.74, 6) is 0.831. The van der Waals surface area contributed by atoms with Crippen molar-refractivity contribution < 1.29 is 13.3 Å². The zero-order chi connectivity index (χ0) is 8.74. The van der Waals surface area contributed by atoms with Crippen LogP contribution in [0.25, 0.3) is 0 Å². The summed E-state index contributed by atoms with van der Waals surface area (Å²) in [7, 11) is 0.947. The van der Waals surface area contributed by atoms with Crippen molar-refractivity contribution in [1.82, 2.24) is 0 Å². The van der Waals surface area contributed by atoms with Crippen LogP contribution in [0.3, 0.4) is 0 Å². The molecular weight excluding hydrogens is 180 g/mol. The van der Waals surface area contributed by atoms with Gasteiger partial charge in [-0.1, -0.05) is 0 Å². The third kappa shape index (κ3) is 4.81. The summed E-state index contributed by atoms with van der Waals surface area (Å²) >= 11 is 4.06. The lowest BCUT2D eigenvalue weighted by molar-refractivity contribution is 0.106. The van der Waals surface area contributed by atoms with Gasteiger partial charge in [0.05, 0.1) is 0 Å². The summed E-state index contributed by atoms with van der Waals surface area (Å²) in [6.07, 6.45) is 0.929. The second-order valence-electron chi connectivity index (χ2n) is 2.20. The van der Waals surface area contributed by atoms with Crippen molar-refractivity contribution in [1.29, 1.82) is 0 Å². The van der Waals surface area contributed by atoms with Crippen LogP contribution in [0.1, 0.15) is 6.42 Å². The van der Waals surface area contributed by atoms with Crippen molar-refractivity contribution in [3.63, 3.8) is 0 Å². The molecule has 0 bridgehead atoms. The minimum absolute atomic E-state index is 0.661. The predicted molar refractivity (Wildman–Crippen MR) is 50.1 cm³/mol. The highest BCUT2D eigenvalue weighted by atomic mass is 32.1. The van der Waals surface area contributed by atoms with Crippen LogP contribution >= 0.6 is 12.6 Å². The van der Waals surface area contributed by atoms with E-state index in [1.165, 1.54) is 0 Å². The molecule has 0 aliphatic carbocycles. The van der Waals surface area contributed by atoms with Crippen LogP contribution in [0.5, 0.6) is 0 Å². The first-order valence-corrected chi connectivity index (χ1v) is 6.39. The molecule has 11 heavy (non-hydrogen) atoms. The van der Waals surface area contributed by atoms with Gasteiger partial charge in [0.15, 0.2) is 0 Å². The molecule has 0 aromatic rings. The maximum Gasteiger partial charge on any atom is 0.497 e. The highest BCUT2D eigenvalue weighted by Crippen LogP contribution is 2.06. The lowest BCUT2D eigenvalue weighted by atomic mass is 10.5. The smallest absolute Gasteiger partial charge is 0.377 e. The third-order valence-electron chi connectivity index (χ3n) is 1.41. The minimum Gasteiger partial charge on any atom is -0.377 e. The largest absolute Gasteiger partial charge is 0.497 e. The Morgan fingerprint density at radius 1 is 1.27 bits per heavy atom. The summed E-state index contributed by atoms with van der Waals surface area (Å²) in [6, 6.07) is 0. The van der Waals surface area contributed by atoms with Gasteiger partial charge >= 0.3 is 8.80 Å². The zero-order valence-electron chi connectivity index (χ0n) is 7.29. The molecule has 0 amide bonds. The van der Waals surface area contributed by atoms with Crippen LogP contribution in [0.4, 0.5) is 0 Å². The topological polar surface area (TPSA) is 27.7 Å². The van der Waals surface area contributed by atoms with Gasteiger partial charge in [0.2, 0.25) is 0 Å². The van der Waals surface area contributed by atoms with E-state index in [9.17, 15) is 0 Å². The molecule has 0 atom stereocenters. The monoisotopic (exact) mass is 196 g/mol. The molecule has 0 N–H and O–H groups in total. The van der Waals surface area contributed by atoms with Crippen LogP contribution < -0.4 is 0 Å². The lowest BCUT2D eigenvalue weighted by Crippen LogP contribution is -2.40. The maximum atomic E-state index is 5.41. The predicted octanol–water partition coefficient (Wildman–Crippen LogP) is 1.18. The Balaban J connectivity index is 3.51. The van der Waals surface area contributed by atoms with Crippen molar-refractivity contribution in [2.45, 2.75) is 13.0 Å². The van der Waals surface area contributed by atoms with E-state index in [1.807, 2.05) is 6.55 Å². The standard InChI is InChI=1S/C6H16O3SSi/c1-7-11(3,8-2)9-5-4-6-10/h10H,4-6H2,1-3H3. The fourth-order valence-corrected chi connectivity index (χ4v) is 1.57. The molecule has 0 aliphatic rings. The van der Waals surface area contributed by atoms with Gasteiger partial charge in [-0.05, 0) is 12.2 Å². The van der Waals surface area contributed by atoms with Crippen molar-refractivity contribution in [3.05, 3.63) is 0 Å². The second kappa shape index (κ2) is 6.02. The molecule has 0 aliphatic heterocycles. The van der Waals surface area contributed by atoms with E-state index in [0.29, 0.717) is 6.61 Å². The summed E-state index contributed by atoms with van der Waals surface area (Å²) < 4.78 is 15.6. The fraction of sp³-hybridized carbons (Fsp3) is 1.00. The minimum atomic E-state index is -2.27. The number of thiol groups is 1. The molecule has 0 rings (SSSR count). The molecule has 3 nitrogen and oxygen atoms in total. The van der Waals surface area contributed by atoms with E-state index in [0.717, 1.165) is 12.2 Å². The fourth-order valence-electron chi connectivity index (χ4n) is 0.523. The van der Waals surface area contributed by atoms with Gasteiger partial charge in [-0.2, -0.15) is 12.6 Å². The Morgan fingerprint density at radius 3 is 2.18 bits per heavy atom. The summed E-state index contributed by atoms with van der Waals surface area (Å²) in [5.41, 5.74) is 0. The van der Waals surface area contributed by atoms with Gasteiger partial charge in [-0.25, -0.2) is 0 Å². The third-order valence-corrected chi connectivity index (χ3v) is 3.94. The lowest BCUT2D eigenvalue weighted by Gasteiger charge is -2.21. The molecule has 0 aromatic carbocycles. The van der Waals surface area contributed by atoms with Crippen molar-refractivity contribution in [2.24, 2.45) is 0 Å². The van der Waals surface area contributed by atoms with E-state index in [1.54, 1.807) is 14.2 Å². The number of hydrogen-bond donors (Lipinski definition) is 1. The second-order valence-corrected chi connectivity index (χ2v) is 5.47. The molecule has 68 valence electrons. The highest BCUT2D eigenvalue weighted by Gasteiger charge is 2.31. The molecule has 0 saturated heterocycles. The van der Waals surface area contributed by atoms with Crippen molar-refractivity contribution in [3.8, 4) is 0 Å². The van der Waals surface area contributed by atoms with Gasteiger partial charge in [-0.15, -0.1) is 0 Å². The quantitative estimate of drug-likeness (QED) is 0.393. The Labute approximate surface area is 74.8 Å². The Hall–Kier alpha value is 0.447. The van der Waals surface area contributed by atoms with Crippen LogP contribution in [0.2, 0.25) is 6.55 Å². The Kier molecular flexibility index (Phi) is 6.26. The molecule has 0 fully saturated rings. The first-order chi connectivity index (χ1) is 5.18. The zero-order valence-corrected chi connectivity index (χ0v) is 9.19.